The summed E-state index contributed by atoms with van der Waals surface area (Å²) in [5, 5.41) is 18.3. The molecule has 1 fully saturated rings. The minimum Gasteiger partial charge on any atom is -0.444 e. The van der Waals surface area contributed by atoms with Crippen LogP contribution in [0.1, 0.15) is 33.6 Å². The molecule has 0 unspecified atom stereocenters. The van der Waals surface area contributed by atoms with Crippen molar-refractivity contribution in [3.8, 4) is 0 Å². The second kappa shape index (κ2) is 6.38. The molecule has 1 rings (SSSR count). The second-order valence-electron chi connectivity index (χ2n) is 5.93. The van der Waals surface area contributed by atoms with E-state index in [1.807, 2.05) is 20.8 Å². The first-order chi connectivity index (χ1) is 8.37. The van der Waals surface area contributed by atoms with E-state index in [0.717, 1.165) is 12.8 Å². The molecule has 2 N–H and O–H groups in total. The third-order valence-corrected chi connectivity index (χ3v) is 3.33. The fourth-order valence-electron chi connectivity index (χ4n) is 2.24. The molecule has 5 heteroatoms. The number of carbonyl (C=O) groups is 1. The first kappa shape index (κ1) is 15.2. The highest BCUT2D eigenvalue weighted by Crippen LogP contribution is 2.25. The molecule has 1 amide bonds. The Kier molecular flexibility index (Phi) is 5.41. The number of carbonyl (C=O) groups excluding carboxylic acids is 1. The number of likely N-dealkylation sites (tertiary alicyclic amines) is 1. The van der Waals surface area contributed by atoms with Crippen LogP contribution < -0.4 is 0 Å². The van der Waals surface area contributed by atoms with Gasteiger partial charge in [-0.2, -0.15) is 0 Å². The Bertz CT molecular complexity index is 263. The lowest BCUT2D eigenvalue weighted by atomic mass is 9.85. The van der Waals surface area contributed by atoms with Crippen LogP contribution in [0, 0.1) is 11.8 Å². The summed E-state index contributed by atoms with van der Waals surface area (Å²) in [7, 11) is 0. The van der Waals surface area contributed by atoms with Gasteiger partial charge in [-0.25, -0.2) is 4.79 Å². The normalized spacial score (nSPS) is 18.2. The molecule has 0 aromatic carbocycles. The zero-order valence-corrected chi connectivity index (χ0v) is 11.6. The summed E-state index contributed by atoms with van der Waals surface area (Å²) in [6.07, 6.45) is 1.35. The van der Waals surface area contributed by atoms with Crippen molar-refractivity contribution in [2.24, 2.45) is 11.8 Å². The van der Waals surface area contributed by atoms with Gasteiger partial charge < -0.3 is 19.8 Å². The van der Waals surface area contributed by atoms with Gasteiger partial charge in [0.2, 0.25) is 0 Å². The van der Waals surface area contributed by atoms with Crippen molar-refractivity contribution in [3.05, 3.63) is 0 Å². The van der Waals surface area contributed by atoms with Crippen molar-refractivity contribution < 1.29 is 19.7 Å². The van der Waals surface area contributed by atoms with E-state index in [0.29, 0.717) is 19.0 Å². The quantitative estimate of drug-likeness (QED) is 0.800. The predicted molar refractivity (Wildman–Crippen MR) is 68.2 cm³/mol. The van der Waals surface area contributed by atoms with E-state index in [4.69, 9.17) is 14.9 Å². The van der Waals surface area contributed by atoms with Gasteiger partial charge in [-0.3, -0.25) is 0 Å². The molecule has 0 radical (unpaired) electrons. The summed E-state index contributed by atoms with van der Waals surface area (Å²) in [6.45, 7) is 6.84. The summed E-state index contributed by atoms with van der Waals surface area (Å²) in [5.41, 5.74) is -0.466. The highest BCUT2D eigenvalue weighted by molar-refractivity contribution is 5.68. The SMILES string of the molecule is CC(C)(C)OC(=O)N1CCC(C(CO)CO)CC1. The molecule has 1 saturated heterocycles. The fraction of sp³-hybridized carbons (Fsp3) is 0.923. The van der Waals surface area contributed by atoms with Crippen molar-refractivity contribution in [1.29, 1.82) is 0 Å². The van der Waals surface area contributed by atoms with Crippen molar-refractivity contribution in [2.75, 3.05) is 26.3 Å². The Morgan fingerprint density at radius 2 is 1.78 bits per heavy atom. The van der Waals surface area contributed by atoms with E-state index >= 15 is 0 Å². The number of rotatable bonds is 3. The number of nitrogens with zero attached hydrogens (tertiary/aromatic N) is 1. The minimum absolute atomic E-state index is 0.00754. The van der Waals surface area contributed by atoms with Crippen LogP contribution in [-0.4, -0.2) is 53.1 Å². The van der Waals surface area contributed by atoms with Gasteiger partial charge in [-0.1, -0.05) is 0 Å². The molecule has 0 bridgehead atoms. The fourth-order valence-corrected chi connectivity index (χ4v) is 2.24. The average Bonchev–Trinajstić information content (AvgIpc) is 2.29. The molecule has 0 aliphatic carbocycles. The van der Waals surface area contributed by atoms with Gasteiger partial charge in [0.25, 0.3) is 0 Å². The Morgan fingerprint density at radius 1 is 1.28 bits per heavy atom. The van der Waals surface area contributed by atoms with Crippen LogP contribution in [0.2, 0.25) is 0 Å². The Hall–Kier alpha value is -0.810. The Labute approximate surface area is 109 Å². The van der Waals surface area contributed by atoms with E-state index in [2.05, 4.69) is 0 Å². The van der Waals surface area contributed by atoms with Gasteiger partial charge in [0, 0.05) is 32.2 Å². The van der Waals surface area contributed by atoms with E-state index in [9.17, 15) is 4.79 Å². The summed E-state index contributed by atoms with van der Waals surface area (Å²) in [4.78, 5) is 13.5. The molecular weight excluding hydrogens is 234 g/mol. The number of amides is 1. The minimum atomic E-state index is -0.466. The molecule has 1 aliphatic rings. The number of hydrogen-bond acceptors (Lipinski definition) is 4. The summed E-state index contributed by atoms with van der Waals surface area (Å²) in [5.74, 6) is 0.226. The van der Waals surface area contributed by atoms with E-state index in [-0.39, 0.29) is 25.2 Å². The predicted octanol–water partition coefficient (Wildman–Crippen LogP) is 1.23. The lowest BCUT2D eigenvalue weighted by Gasteiger charge is -2.35. The molecular formula is C13H25NO4. The highest BCUT2D eigenvalue weighted by Gasteiger charge is 2.29. The van der Waals surface area contributed by atoms with Gasteiger partial charge in [-0.15, -0.1) is 0 Å². The second-order valence-corrected chi connectivity index (χ2v) is 5.93. The maximum atomic E-state index is 11.8. The zero-order valence-electron chi connectivity index (χ0n) is 11.6. The maximum Gasteiger partial charge on any atom is 0.410 e. The van der Waals surface area contributed by atoms with Gasteiger partial charge in [-0.05, 0) is 39.5 Å². The standard InChI is InChI=1S/C13H25NO4/c1-13(2,3)18-12(17)14-6-4-10(5-7-14)11(8-15)9-16/h10-11,15-16H,4-9H2,1-3H3. The monoisotopic (exact) mass is 259 g/mol. The first-order valence-corrected chi connectivity index (χ1v) is 6.57. The van der Waals surface area contributed by atoms with Crippen LogP contribution in [0.3, 0.4) is 0 Å². The molecule has 0 spiro atoms. The molecule has 0 atom stereocenters. The average molecular weight is 259 g/mol. The molecule has 0 saturated carbocycles. The Morgan fingerprint density at radius 3 is 2.17 bits per heavy atom. The number of piperidine rings is 1. The Balaban J connectivity index is 2.41. The molecule has 0 aromatic rings. The van der Waals surface area contributed by atoms with E-state index < -0.39 is 5.60 Å². The summed E-state index contributed by atoms with van der Waals surface area (Å²) < 4.78 is 5.31. The van der Waals surface area contributed by atoms with Gasteiger partial charge in [0.05, 0.1) is 0 Å². The van der Waals surface area contributed by atoms with Crippen LogP contribution in [0.25, 0.3) is 0 Å². The van der Waals surface area contributed by atoms with Crippen molar-refractivity contribution in [2.45, 2.75) is 39.2 Å². The van der Waals surface area contributed by atoms with Gasteiger partial charge in [0.15, 0.2) is 0 Å². The van der Waals surface area contributed by atoms with E-state index in [1.165, 1.54) is 0 Å². The topological polar surface area (TPSA) is 70.0 Å². The maximum absolute atomic E-state index is 11.8. The van der Waals surface area contributed by atoms with Crippen molar-refractivity contribution in [3.63, 3.8) is 0 Å². The molecule has 106 valence electrons. The third kappa shape index (κ3) is 4.46. The number of aliphatic hydroxyl groups excluding tert-OH is 2. The summed E-state index contributed by atoms with van der Waals surface area (Å²) >= 11 is 0. The van der Waals surface area contributed by atoms with Crippen molar-refractivity contribution in [1.82, 2.24) is 4.90 Å². The molecule has 5 nitrogen and oxygen atoms in total. The summed E-state index contributed by atoms with van der Waals surface area (Å²) in [6, 6.07) is 0. The third-order valence-electron chi connectivity index (χ3n) is 3.33. The van der Waals surface area contributed by atoms with Gasteiger partial charge >= 0.3 is 6.09 Å². The van der Waals surface area contributed by atoms with Crippen molar-refractivity contribution >= 4 is 6.09 Å². The van der Waals surface area contributed by atoms with Crippen LogP contribution >= 0.6 is 0 Å². The number of ether oxygens (including phenoxy) is 1. The number of aliphatic hydroxyl groups is 2. The lowest BCUT2D eigenvalue weighted by Crippen LogP contribution is -2.43. The van der Waals surface area contributed by atoms with E-state index in [1.54, 1.807) is 4.90 Å². The smallest absolute Gasteiger partial charge is 0.410 e. The molecule has 18 heavy (non-hydrogen) atoms. The van der Waals surface area contributed by atoms with Crippen LogP contribution in [0.5, 0.6) is 0 Å². The lowest BCUT2D eigenvalue weighted by molar-refractivity contribution is 0.0108. The molecule has 1 aliphatic heterocycles. The zero-order chi connectivity index (χ0) is 13.8. The molecule has 1 heterocycles. The number of hydrogen-bond donors (Lipinski definition) is 2. The van der Waals surface area contributed by atoms with Crippen LogP contribution in [-0.2, 0) is 4.74 Å². The van der Waals surface area contributed by atoms with Crippen LogP contribution in [0.15, 0.2) is 0 Å². The van der Waals surface area contributed by atoms with Crippen LogP contribution in [0.4, 0.5) is 4.79 Å². The highest BCUT2D eigenvalue weighted by atomic mass is 16.6. The first-order valence-electron chi connectivity index (χ1n) is 6.57. The van der Waals surface area contributed by atoms with Gasteiger partial charge in [0.1, 0.15) is 5.60 Å². The molecule has 0 aromatic heterocycles. The largest absolute Gasteiger partial charge is 0.444 e.